The van der Waals surface area contributed by atoms with Crippen molar-refractivity contribution in [2.24, 2.45) is 0 Å². The van der Waals surface area contributed by atoms with E-state index in [0.29, 0.717) is 26.2 Å². The van der Waals surface area contributed by atoms with E-state index in [-0.39, 0.29) is 12.5 Å². The Balaban J connectivity index is 1.69. The van der Waals surface area contributed by atoms with Crippen molar-refractivity contribution in [3.8, 4) is 10.6 Å². The highest BCUT2D eigenvalue weighted by Gasteiger charge is 2.18. The summed E-state index contributed by atoms with van der Waals surface area (Å²) in [5.74, 6) is -0.329. The van der Waals surface area contributed by atoms with Crippen molar-refractivity contribution < 1.29 is 9.90 Å². The fourth-order valence-electron chi connectivity index (χ4n) is 2.21. The number of rotatable bonds is 5. The number of aromatic nitrogens is 2. The van der Waals surface area contributed by atoms with E-state index in [1.165, 1.54) is 17.5 Å². The van der Waals surface area contributed by atoms with Gasteiger partial charge < -0.3 is 10.4 Å². The Morgan fingerprint density at radius 3 is 2.88 bits per heavy atom. The minimum atomic E-state index is -0.848. The van der Waals surface area contributed by atoms with Crippen LogP contribution >= 0.6 is 34.5 Å². The highest BCUT2D eigenvalue weighted by Crippen LogP contribution is 2.31. The van der Waals surface area contributed by atoms with E-state index < -0.39 is 6.10 Å². The molecule has 0 aliphatic heterocycles. The zero-order valence-corrected chi connectivity index (χ0v) is 14.6. The zero-order valence-electron chi connectivity index (χ0n) is 12.3. The molecule has 3 rings (SSSR count). The van der Waals surface area contributed by atoms with Gasteiger partial charge in [-0.05, 0) is 29.8 Å². The SMILES string of the molecule is O=C(NC[C@@H](O)c1cccc(Cl)c1)c1cn[nH]c1-c1ccc(Cl)s1. The maximum absolute atomic E-state index is 12.4. The Labute approximate surface area is 152 Å². The number of hydrogen-bond acceptors (Lipinski definition) is 4. The Bertz CT molecular complexity index is 862. The van der Waals surface area contributed by atoms with Crippen LogP contribution in [0.4, 0.5) is 0 Å². The first-order valence-electron chi connectivity index (χ1n) is 7.05. The van der Waals surface area contributed by atoms with Crippen molar-refractivity contribution in [3.05, 3.63) is 63.1 Å². The van der Waals surface area contributed by atoms with Gasteiger partial charge in [0.05, 0.1) is 32.8 Å². The first-order chi connectivity index (χ1) is 11.5. The molecule has 1 amide bonds. The van der Waals surface area contributed by atoms with E-state index in [1.54, 1.807) is 30.3 Å². The van der Waals surface area contributed by atoms with Crippen molar-refractivity contribution in [2.45, 2.75) is 6.10 Å². The van der Waals surface area contributed by atoms with E-state index in [1.807, 2.05) is 6.07 Å². The van der Waals surface area contributed by atoms with Crippen LogP contribution in [0.3, 0.4) is 0 Å². The minimum Gasteiger partial charge on any atom is -0.387 e. The summed E-state index contributed by atoms with van der Waals surface area (Å²) in [7, 11) is 0. The molecular weight excluding hydrogens is 369 g/mol. The van der Waals surface area contributed by atoms with Gasteiger partial charge >= 0.3 is 0 Å². The number of nitrogens with one attached hydrogen (secondary N) is 2. The summed E-state index contributed by atoms with van der Waals surface area (Å²) in [6.45, 7) is 0.0645. The number of aromatic amines is 1. The molecule has 8 heteroatoms. The second kappa shape index (κ2) is 7.36. The maximum Gasteiger partial charge on any atom is 0.255 e. The van der Waals surface area contributed by atoms with Gasteiger partial charge in [-0.15, -0.1) is 11.3 Å². The highest BCUT2D eigenvalue weighted by molar-refractivity contribution is 7.19. The zero-order chi connectivity index (χ0) is 17.1. The summed E-state index contributed by atoms with van der Waals surface area (Å²) in [4.78, 5) is 13.2. The third-order valence-corrected chi connectivity index (χ3v) is 4.88. The number of benzene rings is 1. The first-order valence-corrected chi connectivity index (χ1v) is 8.62. The summed E-state index contributed by atoms with van der Waals surface area (Å²) in [5.41, 5.74) is 1.63. The molecule has 5 nitrogen and oxygen atoms in total. The van der Waals surface area contributed by atoms with E-state index >= 15 is 0 Å². The van der Waals surface area contributed by atoms with Crippen molar-refractivity contribution >= 4 is 40.4 Å². The van der Waals surface area contributed by atoms with Gasteiger partial charge in [-0.2, -0.15) is 5.10 Å². The van der Waals surface area contributed by atoms with Crippen molar-refractivity contribution in [2.75, 3.05) is 6.54 Å². The maximum atomic E-state index is 12.4. The van der Waals surface area contributed by atoms with Gasteiger partial charge in [0.1, 0.15) is 0 Å². The number of nitrogens with zero attached hydrogens (tertiary/aromatic N) is 1. The number of aliphatic hydroxyl groups excluding tert-OH is 1. The molecule has 3 aromatic rings. The minimum absolute atomic E-state index is 0.0645. The van der Waals surface area contributed by atoms with Crippen LogP contribution in [0.25, 0.3) is 10.6 Å². The third-order valence-electron chi connectivity index (χ3n) is 3.39. The van der Waals surface area contributed by atoms with Crippen LogP contribution in [0.2, 0.25) is 9.36 Å². The van der Waals surface area contributed by atoms with Crippen molar-refractivity contribution in [1.82, 2.24) is 15.5 Å². The van der Waals surface area contributed by atoms with Gasteiger partial charge in [0, 0.05) is 11.6 Å². The summed E-state index contributed by atoms with van der Waals surface area (Å²) >= 11 is 13.2. The van der Waals surface area contributed by atoms with E-state index in [9.17, 15) is 9.90 Å². The fourth-order valence-corrected chi connectivity index (χ4v) is 3.46. The molecule has 0 aliphatic carbocycles. The molecular formula is C16H13Cl2N3O2S. The standard InChI is InChI=1S/C16H13Cl2N3O2S/c17-10-3-1-2-9(6-10)12(22)8-19-16(23)11-7-20-21-15(11)13-4-5-14(18)24-13/h1-7,12,22H,8H2,(H,19,23)(H,20,21)/t12-/m1/s1. The van der Waals surface area contributed by atoms with Crippen LogP contribution in [-0.2, 0) is 0 Å². The number of hydrogen-bond donors (Lipinski definition) is 3. The molecule has 0 bridgehead atoms. The summed E-state index contributed by atoms with van der Waals surface area (Å²) in [6, 6.07) is 10.5. The van der Waals surface area contributed by atoms with E-state index in [4.69, 9.17) is 23.2 Å². The quantitative estimate of drug-likeness (QED) is 0.626. The van der Waals surface area contributed by atoms with Crippen LogP contribution in [-0.4, -0.2) is 27.8 Å². The van der Waals surface area contributed by atoms with Gasteiger partial charge in [-0.1, -0.05) is 35.3 Å². The molecule has 0 fully saturated rings. The summed E-state index contributed by atoms with van der Waals surface area (Å²) in [6.07, 6.45) is 0.600. The predicted molar refractivity (Wildman–Crippen MR) is 95.7 cm³/mol. The highest BCUT2D eigenvalue weighted by atomic mass is 35.5. The predicted octanol–water partition coefficient (Wildman–Crippen LogP) is 3.91. The smallest absolute Gasteiger partial charge is 0.255 e. The third kappa shape index (κ3) is 3.79. The van der Waals surface area contributed by atoms with Gasteiger partial charge in [0.2, 0.25) is 0 Å². The second-order valence-electron chi connectivity index (χ2n) is 5.04. The van der Waals surface area contributed by atoms with Gasteiger partial charge in [-0.25, -0.2) is 0 Å². The van der Waals surface area contributed by atoms with Crippen LogP contribution in [0.5, 0.6) is 0 Å². The van der Waals surface area contributed by atoms with Gasteiger partial charge in [0.25, 0.3) is 5.91 Å². The molecule has 0 radical (unpaired) electrons. The lowest BCUT2D eigenvalue weighted by atomic mass is 10.1. The lowest BCUT2D eigenvalue weighted by Gasteiger charge is -2.12. The monoisotopic (exact) mass is 381 g/mol. The lowest BCUT2D eigenvalue weighted by molar-refractivity contribution is 0.0917. The molecule has 24 heavy (non-hydrogen) atoms. The van der Waals surface area contributed by atoms with Crippen molar-refractivity contribution in [1.29, 1.82) is 0 Å². The Kier molecular flexibility index (Phi) is 5.20. The molecule has 3 N–H and O–H groups in total. The number of halogens is 2. The largest absolute Gasteiger partial charge is 0.387 e. The summed E-state index contributed by atoms with van der Waals surface area (Å²) < 4.78 is 0.627. The van der Waals surface area contributed by atoms with E-state index in [0.717, 1.165) is 4.88 Å². The van der Waals surface area contributed by atoms with Crippen molar-refractivity contribution in [3.63, 3.8) is 0 Å². The molecule has 1 aromatic carbocycles. The average molecular weight is 382 g/mol. The van der Waals surface area contributed by atoms with Crippen LogP contribution in [0.15, 0.2) is 42.6 Å². The normalized spacial score (nSPS) is 12.1. The molecule has 2 heterocycles. The van der Waals surface area contributed by atoms with Gasteiger partial charge in [-0.3, -0.25) is 9.89 Å². The van der Waals surface area contributed by atoms with Crippen LogP contribution in [0.1, 0.15) is 22.0 Å². The molecule has 0 saturated heterocycles. The Hall–Kier alpha value is -1.86. The lowest BCUT2D eigenvalue weighted by Crippen LogP contribution is -2.28. The average Bonchev–Trinajstić information content (AvgIpc) is 3.20. The molecule has 0 spiro atoms. The molecule has 124 valence electrons. The molecule has 2 aromatic heterocycles. The van der Waals surface area contributed by atoms with Crippen LogP contribution < -0.4 is 5.32 Å². The number of carbonyl (C=O) groups excluding carboxylic acids is 1. The molecule has 1 atom stereocenters. The van der Waals surface area contributed by atoms with Gasteiger partial charge in [0.15, 0.2) is 0 Å². The topological polar surface area (TPSA) is 78.0 Å². The molecule has 0 unspecified atom stereocenters. The number of H-pyrrole nitrogens is 1. The number of amides is 1. The number of aliphatic hydroxyl groups is 1. The molecule has 0 aliphatic rings. The van der Waals surface area contributed by atoms with E-state index in [2.05, 4.69) is 15.5 Å². The molecule has 0 saturated carbocycles. The second-order valence-corrected chi connectivity index (χ2v) is 7.19. The van der Waals surface area contributed by atoms with Crippen LogP contribution in [0, 0.1) is 0 Å². The Morgan fingerprint density at radius 1 is 1.33 bits per heavy atom. The Morgan fingerprint density at radius 2 is 2.17 bits per heavy atom. The number of thiophene rings is 1. The number of carbonyl (C=O) groups is 1. The summed E-state index contributed by atoms with van der Waals surface area (Å²) in [5, 5.41) is 20.1. The first kappa shape index (κ1) is 17.0. The fraction of sp³-hybridized carbons (Fsp3) is 0.125.